The summed E-state index contributed by atoms with van der Waals surface area (Å²) < 4.78 is 0. The largest absolute Gasteiger partial charge is 0.293 e. The van der Waals surface area contributed by atoms with Crippen molar-refractivity contribution in [1.29, 1.82) is 0 Å². The molecule has 0 N–H and O–H groups in total. The van der Waals surface area contributed by atoms with E-state index >= 15 is 0 Å². The average molecular weight is 118 g/mol. The van der Waals surface area contributed by atoms with Crippen molar-refractivity contribution < 1.29 is 0 Å². The first-order valence-electron chi connectivity index (χ1n) is 2.15. The number of nitrogens with zero attached hydrogens (tertiary/aromatic N) is 1. The molecule has 1 aliphatic heterocycles. The lowest BCUT2D eigenvalue weighted by atomic mass is 10.3. The second kappa shape index (κ2) is 3.88. The third kappa shape index (κ3) is 2.40. The maximum absolute atomic E-state index is 3.97. The van der Waals surface area contributed by atoms with Crippen LogP contribution in [0.15, 0.2) is 17.1 Å². The van der Waals surface area contributed by atoms with E-state index in [-0.39, 0.29) is 12.4 Å². The third-order valence-corrected chi connectivity index (χ3v) is 0.752. The van der Waals surface area contributed by atoms with Crippen molar-refractivity contribution in [3.8, 4) is 0 Å². The van der Waals surface area contributed by atoms with E-state index in [0.29, 0.717) is 0 Å². The Kier molecular flexibility index (Phi) is 3.71. The van der Waals surface area contributed by atoms with Crippen LogP contribution in [-0.2, 0) is 0 Å². The summed E-state index contributed by atoms with van der Waals surface area (Å²) in [6, 6.07) is 0. The predicted molar refractivity (Wildman–Crippen MR) is 34.4 cm³/mol. The van der Waals surface area contributed by atoms with E-state index in [4.69, 9.17) is 0 Å². The number of hydrogen-bond acceptors (Lipinski definition) is 1. The monoisotopic (exact) mass is 117 g/mol. The van der Waals surface area contributed by atoms with Crippen LogP contribution in [0.4, 0.5) is 0 Å². The molecule has 1 nitrogen and oxygen atoms in total. The minimum absolute atomic E-state index is 0. The van der Waals surface area contributed by atoms with Gasteiger partial charge in [-0.05, 0) is 12.5 Å². The Bertz CT molecular complexity index is 74.1. The highest BCUT2D eigenvalue weighted by Gasteiger charge is 1.78. The summed E-state index contributed by atoms with van der Waals surface area (Å²) in [5, 5.41) is 0. The Morgan fingerprint density at radius 3 is 2.43 bits per heavy atom. The molecular weight excluding hydrogens is 110 g/mol. The highest BCUT2D eigenvalue weighted by Crippen LogP contribution is 1.87. The molecule has 7 heavy (non-hydrogen) atoms. The van der Waals surface area contributed by atoms with E-state index in [1.54, 1.807) is 0 Å². The van der Waals surface area contributed by atoms with Gasteiger partial charge >= 0.3 is 0 Å². The van der Waals surface area contributed by atoms with Crippen LogP contribution in [0.25, 0.3) is 0 Å². The van der Waals surface area contributed by atoms with E-state index in [0.717, 1.165) is 13.0 Å². The quantitative estimate of drug-likeness (QED) is 0.455. The summed E-state index contributed by atoms with van der Waals surface area (Å²) >= 11 is 0. The molecule has 0 amide bonds. The van der Waals surface area contributed by atoms with Gasteiger partial charge in [-0.25, -0.2) is 0 Å². The smallest absolute Gasteiger partial charge is 0.0423 e. The number of dihydropyridines is 1. The van der Waals surface area contributed by atoms with Gasteiger partial charge in [0.15, 0.2) is 0 Å². The molecule has 0 saturated heterocycles. The fraction of sp³-hybridized carbons (Fsp3) is 0.400. The summed E-state index contributed by atoms with van der Waals surface area (Å²) in [5.74, 6) is 0. The maximum atomic E-state index is 3.97. The molecule has 0 fully saturated rings. The van der Waals surface area contributed by atoms with Crippen LogP contribution < -0.4 is 0 Å². The van der Waals surface area contributed by atoms with Gasteiger partial charge < -0.3 is 0 Å². The molecule has 0 saturated carbocycles. The van der Waals surface area contributed by atoms with E-state index in [1.807, 2.05) is 12.3 Å². The highest BCUT2D eigenvalue weighted by molar-refractivity contribution is 5.85. The minimum Gasteiger partial charge on any atom is -0.293 e. The molecule has 0 spiro atoms. The molecule has 0 aromatic carbocycles. The molecule has 0 aromatic heterocycles. The summed E-state index contributed by atoms with van der Waals surface area (Å²) in [6.07, 6.45) is 7.05. The SMILES string of the molecule is C1=CCCN=C1.Cl. The van der Waals surface area contributed by atoms with Crippen molar-refractivity contribution in [3.63, 3.8) is 0 Å². The summed E-state index contributed by atoms with van der Waals surface area (Å²) in [6.45, 7) is 0.983. The maximum Gasteiger partial charge on any atom is 0.0423 e. The van der Waals surface area contributed by atoms with Gasteiger partial charge in [-0.15, -0.1) is 12.4 Å². The minimum atomic E-state index is 0. The van der Waals surface area contributed by atoms with Crippen LogP contribution in [0.5, 0.6) is 0 Å². The first-order chi connectivity index (χ1) is 3.00. The first-order valence-corrected chi connectivity index (χ1v) is 2.15. The van der Waals surface area contributed by atoms with Crippen LogP contribution in [0, 0.1) is 0 Å². The number of aliphatic imine (C=N–C) groups is 1. The summed E-state index contributed by atoms with van der Waals surface area (Å²) in [7, 11) is 0. The van der Waals surface area contributed by atoms with Crippen molar-refractivity contribution in [2.75, 3.05) is 6.54 Å². The van der Waals surface area contributed by atoms with Gasteiger partial charge in [0.2, 0.25) is 0 Å². The van der Waals surface area contributed by atoms with Crippen LogP contribution in [0.1, 0.15) is 6.42 Å². The first kappa shape index (κ1) is 6.70. The molecule has 1 aliphatic rings. The van der Waals surface area contributed by atoms with Gasteiger partial charge in [-0.2, -0.15) is 0 Å². The second-order valence-corrected chi connectivity index (χ2v) is 1.27. The fourth-order valence-corrected chi connectivity index (χ4v) is 0.442. The Labute approximate surface area is 49.6 Å². The topological polar surface area (TPSA) is 12.4 Å². The summed E-state index contributed by atoms with van der Waals surface area (Å²) in [4.78, 5) is 3.97. The molecule has 0 atom stereocenters. The lowest BCUT2D eigenvalue weighted by Crippen LogP contribution is -1.81. The number of hydrogen-bond donors (Lipinski definition) is 0. The lowest BCUT2D eigenvalue weighted by Gasteiger charge is -1.88. The molecule has 1 rings (SSSR count). The van der Waals surface area contributed by atoms with Gasteiger partial charge in [-0.1, -0.05) is 6.08 Å². The van der Waals surface area contributed by atoms with Gasteiger partial charge in [0.1, 0.15) is 0 Å². The van der Waals surface area contributed by atoms with E-state index in [1.165, 1.54) is 0 Å². The molecule has 0 aromatic rings. The predicted octanol–water partition coefficient (Wildman–Crippen LogP) is 1.44. The molecule has 2 heteroatoms. The number of halogens is 1. The second-order valence-electron chi connectivity index (χ2n) is 1.27. The van der Waals surface area contributed by atoms with Gasteiger partial charge in [0.05, 0.1) is 0 Å². The molecular formula is C5H8ClN. The highest BCUT2D eigenvalue weighted by atomic mass is 35.5. The normalized spacial score (nSPS) is 16.0. The zero-order valence-corrected chi connectivity index (χ0v) is 4.82. The molecule has 40 valence electrons. The van der Waals surface area contributed by atoms with Crippen molar-refractivity contribution in [2.45, 2.75) is 6.42 Å². The van der Waals surface area contributed by atoms with Crippen LogP contribution in [-0.4, -0.2) is 12.8 Å². The average Bonchev–Trinajstić information content (AvgIpc) is 1.72. The Balaban J connectivity index is 0.000000360. The van der Waals surface area contributed by atoms with Crippen molar-refractivity contribution in [1.82, 2.24) is 0 Å². The fourth-order valence-electron chi connectivity index (χ4n) is 0.442. The van der Waals surface area contributed by atoms with Gasteiger partial charge in [-0.3, -0.25) is 4.99 Å². The van der Waals surface area contributed by atoms with E-state index in [9.17, 15) is 0 Å². The molecule has 1 heterocycles. The number of allylic oxidation sites excluding steroid dienone is 1. The van der Waals surface area contributed by atoms with E-state index < -0.39 is 0 Å². The van der Waals surface area contributed by atoms with Crippen LogP contribution >= 0.6 is 12.4 Å². The zero-order valence-electron chi connectivity index (χ0n) is 4.00. The standard InChI is InChI=1S/C5H7N.ClH/c1-2-4-6-5-3-1;/h1-2,4H,3,5H2;1H. The van der Waals surface area contributed by atoms with Gasteiger partial charge in [0, 0.05) is 12.8 Å². The van der Waals surface area contributed by atoms with Crippen LogP contribution in [0.2, 0.25) is 0 Å². The molecule has 0 radical (unpaired) electrons. The third-order valence-electron chi connectivity index (χ3n) is 0.752. The van der Waals surface area contributed by atoms with Crippen molar-refractivity contribution in [3.05, 3.63) is 12.2 Å². The Hall–Kier alpha value is -0.300. The molecule has 0 unspecified atom stereocenters. The lowest BCUT2D eigenvalue weighted by molar-refractivity contribution is 1.00. The molecule has 0 aliphatic carbocycles. The van der Waals surface area contributed by atoms with Gasteiger partial charge in [0.25, 0.3) is 0 Å². The Morgan fingerprint density at radius 1 is 1.43 bits per heavy atom. The van der Waals surface area contributed by atoms with Crippen molar-refractivity contribution in [2.24, 2.45) is 4.99 Å². The Morgan fingerprint density at radius 2 is 2.29 bits per heavy atom. The van der Waals surface area contributed by atoms with Crippen LogP contribution in [0.3, 0.4) is 0 Å². The zero-order chi connectivity index (χ0) is 4.24. The molecule has 0 bridgehead atoms. The van der Waals surface area contributed by atoms with E-state index in [2.05, 4.69) is 11.1 Å². The number of rotatable bonds is 0. The summed E-state index contributed by atoms with van der Waals surface area (Å²) in [5.41, 5.74) is 0. The van der Waals surface area contributed by atoms with Crippen molar-refractivity contribution >= 4 is 18.6 Å².